The van der Waals surface area contributed by atoms with Crippen molar-refractivity contribution in [2.24, 2.45) is 7.05 Å². The number of nitrogens with zero attached hydrogens (tertiary/aromatic N) is 1. The zero-order valence-electron chi connectivity index (χ0n) is 20.8. The largest absolute Gasteiger partial charge is 0.337 e. The van der Waals surface area contributed by atoms with Gasteiger partial charge in [-0.15, -0.1) is 11.6 Å². The van der Waals surface area contributed by atoms with Crippen LogP contribution in [0.1, 0.15) is 42.9 Å². The summed E-state index contributed by atoms with van der Waals surface area (Å²) in [6.07, 6.45) is 2.27. The third kappa shape index (κ3) is 7.09. The number of hydrogen-bond acceptors (Lipinski definition) is 3. The van der Waals surface area contributed by atoms with E-state index in [9.17, 15) is 13.4 Å². The molecule has 190 valence electrons. The van der Waals surface area contributed by atoms with Crippen molar-refractivity contribution in [2.75, 3.05) is 16.4 Å². The first-order chi connectivity index (χ1) is 16.7. The van der Waals surface area contributed by atoms with Crippen molar-refractivity contribution >= 4 is 51.4 Å². The van der Waals surface area contributed by atoms with Crippen LogP contribution >= 0.6 is 23.2 Å². The molecule has 0 radical (unpaired) electrons. The molecule has 5 nitrogen and oxygen atoms in total. The highest BCUT2D eigenvalue weighted by Crippen LogP contribution is 2.45. The van der Waals surface area contributed by atoms with Gasteiger partial charge in [0, 0.05) is 29.9 Å². The maximum Gasteiger partial charge on any atom is 0.254 e. The first kappa shape index (κ1) is 28.9. The van der Waals surface area contributed by atoms with Crippen molar-refractivity contribution in [1.29, 1.82) is 0 Å². The third-order valence-electron chi connectivity index (χ3n) is 5.49. The summed E-state index contributed by atoms with van der Waals surface area (Å²) in [6.45, 7) is 7.50. The Morgan fingerprint density at radius 3 is 2.26 bits per heavy atom. The summed E-state index contributed by atoms with van der Waals surface area (Å²) in [7, 11) is 0.223. The van der Waals surface area contributed by atoms with Crippen molar-refractivity contribution < 1.29 is 8.60 Å². The smallest absolute Gasteiger partial charge is 0.254 e. The fourth-order valence-corrected chi connectivity index (χ4v) is 5.11. The zero-order chi connectivity index (χ0) is 26.3. The minimum atomic E-state index is -1.38. The predicted molar refractivity (Wildman–Crippen MR) is 148 cm³/mol. The normalized spacial score (nSPS) is 16.7. The fourth-order valence-electron chi connectivity index (χ4n) is 3.62. The second-order valence-electron chi connectivity index (χ2n) is 7.89. The molecule has 3 aromatic rings. The van der Waals surface area contributed by atoms with Gasteiger partial charge in [-0.25, -0.2) is 8.60 Å². The monoisotopic (exact) mass is 539 g/mol. The molecule has 0 spiro atoms. The Morgan fingerprint density at radius 1 is 1.03 bits per heavy atom. The molecule has 0 amide bonds. The topological polar surface area (TPSA) is 63.1 Å². The van der Waals surface area contributed by atoms with Gasteiger partial charge in [0.15, 0.2) is 0 Å². The van der Waals surface area contributed by atoms with Gasteiger partial charge < -0.3 is 10.0 Å². The van der Waals surface area contributed by atoms with Crippen LogP contribution in [0.5, 0.6) is 0 Å². The second-order valence-corrected chi connectivity index (χ2v) is 9.73. The predicted octanol–water partition coefficient (Wildman–Crippen LogP) is 7.05. The highest BCUT2D eigenvalue weighted by molar-refractivity contribution is 7.87. The number of nitrogens with one attached hydrogen (secondary N) is 2. The van der Waals surface area contributed by atoms with Crippen LogP contribution < -0.4 is 15.6 Å². The van der Waals surface area contributed by atoms with E-state index >= 15 is 0 Å². The lowest BCUT2D eigenvalue weighted by molar-refractivity contribution is 0.630. The highest BCUT2D eigenvalue weighted by Gasteiger charge is 2.43. The molecule has 1 aromatic heterocycles. The van der Waals surface area contributed by atoms with E-state index < -0.39 is 16.8 Å². The molecule has 0 saturated heterocycles. The lowest BCUT2D eigenvalue weighted by Crippen LogP contribution is -2.24. The van der Waals surface area contributed by atoms with Gasteiger partial charge in [-0.3, -0.25) is 9.36 Å². The standard InChI is InChI=1S/C23H23ClFN3O2S.C2H6.CH3Cl/c1-13-4-9-19(18(25)10-13)26-22-20(11-14(2)23(29)28(22)3)27-31(30)21-12-17(21)15-5-7-16(24)8-6-15;2*1-2/h4-11,17,21,26-27H,12H2,1-3H3;1-2H3;1H3. The number of anilines is 3. The van der Waals surface area contributed by atoms with E-state index in [2.05, 4.69) is 21.6 Å². The van der Waals surface area contributed by atoms with E-state index in [1.165, 1.54) is 17.0 Å². The number of halogens is 3. The summed E-state index contributed by atoms with van der Waals surface area (Å²) < 4.78 is 31.9. The maximum atomic E-state index is 14.4. The average Bonchev–Trinajstić information content (AvgIpc) is 3.66. The van der Waals surface area contributed by atoms with E-state index in [4.69, 9.17) is 11.6 Å². The number of aromatic nitrogens is 1. The lowest BCUT2D eigenvalue weighted by atomic mass is 10.1. The quantitative estimate of drug-likeness (QED) is 0.330. The Balaban J connectivity index is 0.00000103. The number of rotatable bonds is 6. The average molecular weight is 541 g/mol. The summed E-state index contributed by atoms with van der Waals surface area (Å²) in [4.78, 5) is 12.5. The van der Waals surface area contributed by atoms with Gasteiger partial charge in [0.05, 0.1) is 16.6 Å². The highest BCUT2D eigenvalue weighted by atomic mass is 35.5. The molecule has 1 aliphatic carbocycles. The molecular weight excluding hydrogens is 508 g/mol. The van der Waals surface area contributed by atoms with Crippen LogP contribution in [0.25, 0.3) is 0 Å². The van der Waals surface area contributed by atoms with Crippen LogP contribution in [-0.2, 0) is 18.0 Å². The van der Waals surface area contributed by atoms with Crippen molar-refractivity contribution in [3.63, 3.8) is 0 Å². The lowest BCUT2D eigenvalue weighted by Gasteiger charge is -2.18. The maximum absolute atomic E-state index is 14.4. The first-order valence-corrected chi connectivity index (χ1v) is 13.6. The van der Waals surface area contributed by atoms with Crippen molar-refractivity contribution in [3.8, 4) is 0 Å². The van der Waals surface area contributed by atoms with E-state index in [-0.39, 0.29) is 22.4 Å². The van der Waals surface area contributed by atoms with Crippen LogP contribution in [0.4, 0.5) is 21.6 Å². The number of hydrogen-bond donors (Lipinski definition) is 2. The molecule has 1 heterocycles. The molecule has 3 unspecified atom stereocenters. The Kier molecular flexibility index (Phi) is 10.8. The van der Waals surface area contributed by atoms with Crippen molar-refractivity contribution in [3.05, 3.63) is 86.4 Å². The van der Waals surface area contributed by atoms with Crippen LogP contribution in [0.3, 0.4) is 0 Å². The second kappa shape index (κ2) is 13.1. The summed E-state index contributed by atoms with van der Waals surface area (Å²) in [5.74, 6) is 0.116. The van der Waals surface area contributed by atoms with Gasteiger partial charge in [-0.05, 0) is 61.7 Å². The van der Waals surface area contributed by atoms with Gasteiger partial charge in [-0.1, -0.05) is 43.6 Å². The fraction of sp³-hybridized carbons (Fsp3) is 0.346. The summed E-state index contributed by atoms with van der Waals surface area (Å²) in [6, 6.07) is 14.0. The van der Waals surface area contributed by atoms with E-state index in [1.807, 2.05) is 38.1 Å². The Hall–Kier alpha value is -2.35. The van der Waals surface area contributed by atoms with Crippen LogP contribution in [-0.4, -0.2) is 20.4 Å². The van der Waals surface area contributed by atoms with E-state index in [0.717, 1.165) is 17.5 Å². The van der Waals surface area contributed by atoms with Crippen LogP contribution in [0.2, 0.25) is 5.02 Å². The van der Waals surface area contributed by atoms with Gasteiger partial charge in [0.2, 0.25) is 0 Å². The molecule has 0 aliphatic heterocycles. The molecule has 2 N–H and O–H groups in total. The molecular formula is C26H32Cl2FN3O2S. The number of aryl methyl sites for hydroxylation is 2. The Morgan fingerprint density at radius 2 is 1.66 bits per heavy atom. The van der Waals surface area contributed by atoms with E-state index in [1.54, 1.807) is 39.1 Å². The van der Waals surface area contributed by atoms with Crippen molar-refractivity contribution in [2.45, 2.75) is 45.3 Å². The van der Waals surface area contributed by atoms with Gasteiger partial charge in [0.25, 0.3) is 5.56 Å². The van der Waals surface area contributed by atoms with Gasteiger partial charge in [-0.2, -0.15) is 0 Å². The number of benzene rings is 2. The number of pyridine rings is 1. The first-order valence-electron chi connectivity index (χ1n) is 11.3. The molecule has 3 atom stereocenters. The molecule has 1 aliphatic rings. The minimum Gasteiger partial charge on any atom is -0.337 e. The Labute approximate surface area is 219 Å². The van der Waals surface area contributed by atoms with E-state index in [0.29, 0.717) is 22.1 Å². The van der Waals surface area contributed by atoms with Gasteiger partial charge >= 0.3 is 0 Å². The minimum absolute atomic E-state index is 0.0531. The molecule has 2 aromatic carbocycles. The molecule has 1 saturated carbocycles. The van der Waals surface area contributed by atoms with Crippen LogP contribution in [0, 0.1) is 19.7 Å². The number of alkyl halides is 1. The van der Waals surface area contributed by atoms with Gasteiger partial charge in [0.1, 0.15) is 22.6 Å². The summed E-state index contributed by atoms with van der Waals surface area (Å²) in [5.41, 5.74) is 2.91. The zero-order valence-corrected chi connectivity index (χ0v) is 23.1. The molecule has 1 fully saturated rings. The summed E-state index contributed by atoms with van der Waals surface area (Å²) in [5, 5.41) is 3.61. The van der Waals surface area contributed by atoms with Crippen LogP contribution in [0.15, 0.2) is 53.3 Å². The SMILES string of the molecule is CC.CCl.Cc1ccc(Nc2c(NS(=O)C3CC3c3ccc(Cl)cc3)cc(C)c(=O)n2C)c(F)c1. The third-order valence-corrected chi connectivity index (χ3v) is 7.23. The molecule has 9 heteroatoms. The molecule has 4 rings (SSSR count). The molecule has 0 bridgehead atoms. The summed E-state index contributed by atoms with van der Waals surface area (Å²) >= 11 is 10.6. The Bertz CT molecular complexity index is 1230. The van der Waals surface area contributed by atoms with Crippen molar-refractivity contribution in [1.82, 2.24) is 4.57 Å². The molecule has 35 heavy (non-hydrogen) atoms.